The van der Waals surface area contributed by atoms with Crippen molar-refractivity contribution in [1.82, 2.24) is 10.3 Å². The van der Waals surface area contributed by atoms with Gasteiger partial charge in [-0.2, -0.15) is 5.26 Å². The van der Waals surface area contributed by atoms with Gasteiger partial charge in [-0.15, -0.1) is 0 Å². The highest BCUT2D eigenvalue weighted by Gasteiger charge is 2.25. The number of aryl methyl sites for hydroxylation is 1. The van der Waals surface area contributed by atoms with Crippen molar-refractivity contribution < 1.29 is 0 Å². The van der Waals surface area contributed by atoms with Crippen LogP contribution in [0.15, 0.2) is 98.1 Å². The molecule has 0 amide bonds. The lowest BCUT2D eigenvalue weighted by molar-refractivity contribution is 0.687. The number of pyridine rings is 1. The number of rotatable bonds is 6. The van der Waals surface area contributed by atoms with Crippen molar-refractivity contribution in [3.63, 3.8) is 0 Å². The second-order valence-corrected chi connectivity index (χ2v) is 8.83. The van der Waals surface area contributed by atoms with E-state index in [9.17, 15) is 5.26 Å². The molecule has 4 heteroatoms. The summed E-state index contributed by atoms with van der Waals surface area (Å²) in [5.41, 5.74) is 7.53. The Morgan fingerprint density at radius 3 is 2.53 bits per heavy atom. The Morgan fingerprint density at radius 2 is 1.85 bits per heavy atom. The lowest BCUT2D eigenvalue weighted by atomic mass is 9.86. The summed E-state index contributed by atoms with van der Waals surface area (Å²) >= 11 is 0. The third kappa shape index (κ3) is 4.42. The Kier molecular flexibility index (Phi) is 6.21. The molecule has 3 aromatic rings. The van der Waals surface area contributed by atoms with Crippen molar-refractivity contribution in [3.8, 4) is 6.07 Å². The second-order valence-electron chi connectivity index (χ2n) is 8.83. The molecule has 1 aliphatic rings. The molecule has 1 N–H and O–H groups in total. The molecular formula is C30H28N4. The first-order valence-electron chi connectivity index (χ1n) is 11.2. The molecule has 0 radical (unpaired) electrons. The van der Waals surface area contributed by atoms with E-state index in [-0.39, 0.29) is 0 Å². The van der Waals surface area contributed by atoms with Crippen molar-refractivity contribution in [2.24, 2.45) is 0 Å². The Hall–Kier alpha value is -4.36. The molecule has 0 fully saturated rings. The largest absolute Gasteiger partial charge is 0.346 e. The maximum Gasteiger partial charge on any atom is 0.107 e. The quantitative estimate of drug-likeness (QED) is 0.425. The molecule has 0 bridgehead atoms. The predicted molar refractivity (Wildman–Crippen MR) is 141 cm³/mol. The molecule has 0 saturated carbocycles. The Morgan fingerprint density at radius 1 is 1.12 bits per heavy atom. The van der Waals surface area contributed by atoms with Gasteiger partial charge in [0, 0.05) is 18.1 Å². The number of nitriles is 1. The molecule has 2 aromatic carbocycles. The van der Waals surface area contributed by atoms with Crippen molar-refractivity contribution in [1.29, 1.82) is 5.26 Å². The monoisotopic (exact) mass is 444 g/mol. The van der Waals surface area contributed by atoms with Crippen LogP contribution in [-0.2, 0) is 5.41 Å². The van der Waals surface area contributed by atoms with Crippen molar-refractivity contribution in [2.45, 2.75) is 26.2 Å². The van der Waals surface area contributed by atoms with Crippen LogP contribution in [0, 0.1) is 18.3 Å². The second kappa shape index (κ2) is 9.25. The summed E-state index contributed by atoms with van der Waals surface area (Å²) in [5, 5.41) is 12.7. The zero-order valence-corrected chi connectivity index (χ0v) is 19.8. The third-order valence-corrected chi connectivity index (χ3v) is 6.09. The maximum atomic E-state index is 9.45. The van der Waals surface area contributed by atoms with E-state index in [4.69, 9.17) is 0 Å². The summed E-state index contributed by atoms with van der Waals surface area (Å²) in [6, 6.07) is 22.7. The molecule has 2 heterocycles. The van der Waals surface area contributed by atoms with Crippen molar-refractivity contribution in [2.75, 3.05) is 4.90 Å². The smallest absolute Gasteiger partial charge is 0.107 e. The van der Waals surface area contributed by atoms with E-state index in [2.05, 4.69) is 60.7 Å². The van der Waals surface area contributed by atoms with Crippen LogP contribution in [0.25, 0.3) is 17.3 Å². The van der Waals surface area contributed by atoms with Gasteiger partial charge >= 0.3 is 0 Å². The lowest BCUT2D eigenvalue weighted by Gasteiger charge is -2.24. The zero-order valence-electron chi connectivity index (χ0n) is 19.8. The first-order valence-corrected chi connectivity index (χ1v) is 11.2. The standard InChI is InChI=1S/C30H28N4/c1-6-23(17-24-10-8-7-9-21(24)2)25-15-16-32-28(18-25)29-19-33-22(3)34(29)27-13-11-26(12-14-27)30(4,5)20-31/h6-19,33H,1,3H2,2,4-5H3/b23-17+. The van der Waals surface area contributed by atoms with E-state index < -0.39 is 5.41 Å². The maximum absolute atomic E-state index is 9.45. The van der Waals surface area contributed by atoms with E-state index in [1.165, 1.54) is 5.56 Å². The predicted octanol–water partition coefficient (Wildman–Crippen LogP) is 6.80. The minimum atomic E-state index is -0.544. The average molecular weight is 445 g/mol. The fourth-order valence-corrected chi connectivity index (χ4v) is 3.93. The first kappa shape index (κ1) is 22.8. The Balaban J connectivity index is 1.69. The normalized spacial score (nSPS) is 13.8. The fourth-order valence-electron chi connectivity index (χ4n) is 3.93. The van der Waals surface area contributed by atoms with Gasteiger partial charge in [-0.3, -0.25) is 9.88 Å². The number of hydrogen-bond acceptors (Lipinski definition) is 4. The van der Waals surface area contributed by atoms with Crippen LogP contribution in [0.3, 0.4) is 0 Å². The number of anilines is 1. The molecule has 0 saturated heterocycles. The van der Waals surface area contributed by atoms with Crippen LogP contribution in [0.4, 0.5) is 5.69 Å². The molecule has 0 spiro atoms. The van der Waals surface area contributed by atoms with E-state index in [1.54, 1.807) is 0 Å². The van der Waals surface area contributed by atoms with Crippen LogP contribution in [-0.4, -0.2) is 4.98 Å². The van der Waals surface area contributed by atoms with E-state index in [0.717, 1.165) is 45.2 Å². The SMILES string of the molecule is C=C/C(=C\c1ccccc1C)c1ccnc(C2=CNC(=C)N2c2ccc(C(C)(C)C#N)cc2)c1. The molecule has 4 nitrogen and oxygen atoms in total. The van der Waals surface area contributed by atoms with Crippen LogP contribution in [0.1, 0.15) is 41.8 Å². The molecule has 1 aromatic heterocycles. The van der Waals surface area contributed by atoms with Gasteiger partial charge in [0.05, 0.1) is 22.9 Å². The third-order valence-electron chi connectivity index (χ3n) is 6.09. The average Bonchev–Trinajstić information content (AvgIpc) is 3.25. The van der Waals surface area contributed by atoms with Crippen molar-refractivity contribution in [3.05, 3.63) is 126 Å². The number of allylic oxidation sites excluding steroid dienone is 2. The van der Waals surface area contributed by atoms with Gasteiger partial charge < -0.3 is 5.32 Å². The highest BCUT2D eigenvalue weighted by molar-refractivity contribution is 5.90. The van der Waals surface area contributed by atoms with Gasteiger partial charge in [0.1, 0.15) is 5.82 Å². The number of hydrogen-bond donors (Lipinski definition) is 1. The topological polar surface area (TPSA) is 52.0 Å². The molecule has 0 unspecified atom stereocenters. The molecule has 168 valence electrons. The van der Waals surface area contributed by atoms with Gasteiger partial charge in [0.15, 0.2) is 0 Å². The van der Waals surface area contributed by atoms with Crippen LogP contribution in [0.5, 0.6) is 0 Å². The summed E-state index contributed by atoms with van der Waals surface area (Å²) in [4.78, 5) is 6.68. The fraction of sp³-hybridized carbons (Fsp3) is 0.133. The van der Waals surface area contributed by atoms with Gasteiger partial charge in [0.25, 0.3) is 0 Å². The first-order chi connectivity index (χ1) is 16.3. The summed E-state index contributed by atoms with van der Waals surface area (Å²) in [7, 11) is 0. The highest BCUT2D eigenvalue weighted by atomic mass is 15.3. The molecule has 0 aliphatic carbocycles. The lowest BCUT2D eigenvalue weighted by Crippen LogP contribution is -2.20. The van der Waals surface area contributed by atoms with Crippen molar-refractivity contribution >= 4 is 23.0 Å². The minimum Gasteiger partial charge on any atom is -0.346 e. The molecule has 34 heavy (non-hydrogen) atoms. The van der Waals surface area contributed by atoms with Gasteiger partial charge in [-0.1, -0.05) is 55.6 Å². The Bertz CT molecular complexity index is 1350. The van der Waals surface area contributed by atoms with Crippen LogP contribution in [0.2, 0.25) is 0 Å². The number of nitrogens with one attached hydrogen (secondary N) is 1. The highest BCUT2D eigenvalue weighted by Crippen LogP contribution is 2.34. The van der Waals surface area contributed by atoms with Gasteiger partial charge in [-0.05, 0) is 78.9 Å². The molecular weight excluding hydrogens is 416 g/mol. The zero-order chi connectivity index (χ0) is 24.3. The molecule has 4 rings (SSSR count). The van der Waals surface area contributed by atoms with E-state index in [0.29, 0.717) is 0 Å². The summed E-state index contributed by atoms with van der Waals surface area (Å²) < 4.78 is 0. The minimum absolute atomic E-state index is 0.544. The molecule has 1 aliphatic heterocycles. The Labute approximate surface area is 201 Å². The summed E-state index contributed by atoms with van der Waals surface area (Å²) in [5.74, 6) is 0.744. The van der Waals surface area contributed by atoms with E-state index >= 15 is 0 Å². The van der Waals surface area contributed by atoms with E-state index in [1.807, 2.05) is 79.7 Å². The van der Waals surface area contributed by atoms with Crippen LogP contribution >= 0.6 is 0 Å². The van der Waals surface area contributed by atoms with Gasteiger partial charge in [0.2, 0.25) is 0 Å². The summed E-state index contributed by atoms with van der Waals surface area (Å²) in [6.45, 7) is 14.1. The van der Waals surface area contributed by atoms with Crippen LogP contribution < -0.4 is 10.2 Å². The number of nitrogens with zero attached hydrogens (tertiary/aromatic N) is 3. The number of benzene rings is 2. The number of aromatic nitrogens is 1. The molecule has 0 atom stereocenters. The summed E-state index contributed by atoms with van der Waals surface area (Å²) in [6.07, 6.45) is 7.76. The van der Waals surface area contributed by atoms with Gasteiger partial charge in [-0.25, -0.2) is 0 Å².